The molecule has 3 saturated heterocycles. The van der Waals surface area contributed by atoms with Gasteiger partial charge in [-0.05, 0) is 42.7 Å². The molecule has 2 aromatic heterocycles. The smallest absolute Gasteiger partial charge is 0.264 e. The third-order valence-electron chi connectivity index (χ3n) is 4.70. The van der Waals surface area contributed by atoms with Gasteiger partial charge in [0.2, 0.25) is 0 Å². The lowest BCUT2D eigenvalue weighted by molar-refractivity contribution is 0.0690. The normalized spacial score (nSPS) is 24.3. The summed E-state index contributed by atoms with van der Waals surface area (Å²) >= 11 is 1.59. The SMILES string of the molecule is O=C(c1ccc(-c2ccncc2)s1)N1CCN2CCC1CC2. The van der Waals surface area contributed by atoms with E-state index in [1.807, 2.05) is 24.3 Å². The topological polar surface area (TPSA) is 36.4 Å². The van der Waals surface area contributed by atoms with Crippen LogP contribution in [0.4, 0.5) is 0 Å². The van der Waals surface area contributed by atoms with Gasteiger partial charge in [0, 0.05) is 49.5 Å². The van der Waals surface area contributed by atoms with E-state index >= 15 is 0 Å². The molecule has 0 radical (unpaired) electrons. The first-order valence-corrected chi connectivity index (χ1v) is 8.66. The number of fused-ring (bicyclic) bond motifs is 4. The number of amides is 1. The summed E-state index contributed by atoms with van der Waals surface area (Å²) in [6.07, 6.45) is 5.82. The molecule has 3 aliphatic heterocycles. The van der Waals surface area contributed by atoms with Gasteiger partial charge in [0.25, 0.3) is 5.91 Å². The first kappa shape index (κ1) is 13.9. The summed E-state index contributed by atoms with van der Waals surface area (Å²) in [6.45, 7) is 4.17. The highest BCUT2D eigenvalue weighted by Crippen LogP contribution is 2.30. The molecule has 0 saturated carbocycles. The van der Waals surface area contributed by atoms with Crippen LogP contribution in [0.3, 0.4) is 0 Å². The van der Waals surface area contributed by atoms with Crippen LogP contribution in [0.2, 0.25) is 0 Å². The second kappa shape index (κ2) is 5.82. The number of piperidine rings is 1. The van der Waals surface area contributed by atoms with E-state index in [2.05, 4.69) is 14.8 Å². The van der Waals surface area contributed by atoms with Crippen LogP contribution in [0, 0.1) is 0 Å². The molecule has 3 fully saturated rings. The molecule has 3 aliphatic rings. The molecule has 0 aliphatic carbocycles. The van der Waals surface area contributed by atoms with Crippen molar-refractivity contribution in [3.63, 3.8) is 0 Å². The van der Waals surface area contributed by atoms with Crippen molar-refractivity contribution in [1.82, 2.24) is 14.8 Å². The van der Waals surface area contributed by atoms with Crippen LogP contribution in [-0.2, 0) is 0 Å². The number of hydrogen-bond acceptors (Lipinski definition) is 4. The van der Waals surface area contributed by atoms with Gasteiger partial charge in [0.05, 0.1) is 4.88 Å². The summed E-state index contributed by atoms with van der Waals surface area (Å²) in [5.74, 6) is 0.207. The standard InChI is InChI=1S/C17H19N3OS/c21-17(20-12-11-19-9-5-14(20)6-10-19)16-2-1-15(22-16)13-3-7-18-8-4-13/h1-4,7-8,14H,5-6,9-12H2. The van der Waals surface area contributed by atoms with E-state index in [1.165, 1.54) is 0 Å². The highest BCUT2D eigenvalue weighted by Gasteiger charge is 2.32. The lowest BCUT2D eigenvalue weighted by atomic mass is 10.1. The van der Waals surface area contributed by atoms with Gasteiger partial charge in [-0.25, -0.2) is 0 Å². The van der Waals surface area contributed by atoms with Gasteiger partial charge in [-0.15, -0.1) is 11.3 Å². The first-order valence-electron chi connectivity index (χ1n) is 7.85. The summed E-state index contributed by atoms with van der Waals surface area (Å²) in [5.41, 5.74) is 1.13. The number of aromatic nitrogens is 1. The fourth-order valence-electron chi connectivity index (χ4n) is 3.42. The summed E-state index contributed by atoms with van der Waals surface area (Å²) in [5, 5.41) is 0. The third kappa shape index (κ3) is 2.55. The predicted molar refractivity (Wildman–Crippen MR) is 88.0 cm³/mol. The Hall–Kier alpha value is -1.72. The number of pyridine rings is 1. The Morgan fingerprint density at radius 3 is 2.59 bits per heavy atom. The molecule has 0 spiro atoms. The van der Waals surface area contributed by atoms with Crippen LogP contribution in [0.15, 0.2) is 36.7 Å². The first-order chi connectivity index (χ1) is 10.8. The van der Waals surface area contributed by atoms with Gasteiger partial charge in [-0.2, -0.15) is 0 Å². The number of rotatable bonds is 2. The Labute approximate surface area is 134 Å². The lowest BCUT2D eigenvalue weighted by Crippen LogP contribution is -2.41. The average molecular weight is 313 g/mol. The molecule has 1 amide bonds. The van der Waals surface area contributed by atoms with E-state index in [0.29, 0.717) is 6.04 Å². The molecule has 5 heterocycles. The minimum Gasteiger partial charge on any atom is -0.334 e. The molecule has 22 heavy (non-hydrogen) atoms. The second-order valence-electron chi connectivity index (χ2n) is 5.97. The van der Waals surface area contributed by atoms with Crippen LogP contribution in [0.1, 0.15) is 22.5 Å². The van der Waals surface area contributed by atoms with E-state index in [-0.39, 0.29) is 5.91 Å². The largest absolute Gasteiger partial charge is 0.334 e. The second-order valence-corrected chi connectivity index (χ2v) is 7.05. The van der Waals surface area contributed by atoms with Crippen molar-refractivity contribution in [2.75, 3.05) is 26.2 Å². The number of hydrogen-bond donors (Lipinski definition) is 0. The molecule has 5 rings (SSSR count). The van der Waals surface area contributed by atoms with E-state index in [4.69, 9.17) is 0 Å². The summed E-state index contributed by atoms with van der Waals surface area (Å²) < 4.78 is 0. The van der Waals surface area contributed by atoms with Crippen LogP contribution >= 0.6 is 11.3 Å². The Balaban J connectivity index is 1.57. The lowest BCUT2D eigenvalue weighted by Gasteiger charge is -2.31. The van der Waals surface area contributed by atoms with Gasteiger partial charge >= 0.3 is 0 Å². The quantitative estimate of drug-likeness (QED) is 0.855. The van der Waals surface area contributed by atoms with Crippen LogP contribution in [-0.4, -0.2) is 52.9 Å². The molecular weight excluding hydrogens is 294 g/mol. The molecule has 0 atom stereocenters. The predicted octanol–water partition coefficient (Wildman–Crippen LogP) is 2.73. The van der Waals surface area contributed by atoms with E-state index < -0.39 is 0 Å². The molecule has 4 nitrogen and oxygen atoms in total. The van der Waals surface area contributed by atoms with Crippen molar-refractivity contribution in [2.45, 2.75) is 18.9 Å². The summed E-state index contributed by atoms with van der Waals surface area (Å²) in [6, 6.07) is 8.42. The van der Waals surface area contributed by atoms with Gasteiger partial charge in [-0.3, -0.25) is 9.78 Å². The fourth-order valence-corrected chi connectivity index (χ4v) is 4.39. The minimum absolute atomic E-state index is 0.207. The van der Waals surface area contributed by atoms with E-state index in [9.17, 15) is 4.79 Å². The number of carbonyl (C=O) groups excluding carboxylic acids is 1. The van der Waals surface area contributed by atoms with Crippen LogP contribution < -0.4 is 0 Å². The van der Waals surface area contributed by atoms with Gasteiger partial charge in [-0.1, -0.05) is 0 Å². The highest BCUT2D eigenvalue weighted by molar-refractivity contribution is 7.17. The monoisotopic (exact) mass is 313 g/mol. The Morgan fingerprint density at radius 1 is 1.05 bits per heavy atom. The Kier molecular flexibility index (Phi) is 3.68. The number of thiophene rings is 1. The minimum atomic E-state index is 0.207. The maximum atomic E-state index is 12.9. The molecule has 5 heteroatoms. The van der Waals surface area contributed by atoms with Crippen molar-refractivity contribution in [3.8, 4) is 10.4 Å². The van der Waals surface area contributed by atoms with Crippen molar-refractivity contribution in [2.24, 2.45) is 0 Å². The van der Waals surface area contributed by atoms with E-state index in [0.717, 1.165) is 54.3 Å². The van der Waals surface area contributed by atoms with Gasteiger partial charge < -0.3 is 9.80 Å². The highest BCUT2D eigenvalue weighted by atomic mass is 32.1. The average Bonchev–Trinajstić information content (AvgIpc) is 2.88. The van der Waals surface area contributed by atoms with Crippen molar-refractivity contribution in [3.05, 3.63) is 41.5 Å². The fraction of sp³-hybridized carbons (Fsp3) is 0.412. The van der Waals surface area contributed by atoms with Gasteiger partial charge in [0.1, 0.15) is 0 Å². The molecule has 0 aromatic carbocycles. The molecule has 0 N–H and O–H groups in total. The van der Waals surface area contributed by atoms with Gasteiger partial charge in [0.15, 0.2) is 0 Å². The Bertz CT molecular complexity index is 662. The molecule has 2 aromatic rings. The zero-order valence-corrected chi connectivity index (χ0v) is 13.3. The number of carbonyl (C=O) groups is 1. The van der Waals surface area contributed by atoms with Crippen molar-refractivity contribution in [1.29, 1.82) is 0 Å². The molecular formula is C17H19N3OS. The summed E-state index contributed by atoms with van der Waals surface area (Å²) in [4.78, 5) is 23.5. The van der Waals surface area contributed by atoms with Crippen molar-refractivity contribution >= 4 is 17.2 Å². The molecule has 0 unspecified atom stereocenters. The zero-order chi connectivity index (χ0) is 14.9. The van der Waals surface area contributed by atoms with E-state index in [1.54, 1.807) is 23.7 Å². The number of nitrogens with zero attached hydrogens (tertiary/aromatic N) is 3. The molecule has 114 valence electrons. The molecule has 2 bridgehead atoms. The maximum Gasteiger partial charge on any atom is 0.264 e. The summed E-state index contributed by atoms with van der Waals surface area (Å²) in [7, 11) is 0. The third-order valence-corrected chi connectivity index (χ3v) is 5.82. The Morgan fingerprint density at radius 2 is 1.82 bits per heavy atom. The maximum absolute atomic E-state index is 12.9. The van der Waals surface area contributed by atoms with Crippen LogP contribution in [0.25, 0.3) is 10.4 Å². The zero-order valence-electron chi connectivity index (χ0n) is 12.4. The van der Waals surface area contributed by atoms with Crippen molar-refractivity contribution < 1.29 is 4.79 Å². The van der Waals surface area contributed by atoms with Crippen LogP contribution in [0.5, 0.6) is 0 Å².